The zero-order valence-corrected chi connectivity index (χ0v) is 12.9. The molecule has 1 aromatic heterocycles. The maximum absolute atomic E-state index is 13.1. The average Bonchev–Trinajstić information content (AvgIpc) is 3.28. The Hall–Kier alpha value is -2.77. The second-order valence-corrected chi connectivity index (χ2v) is 5.90. The van der Waals surface area contributed by atoms with E-state index in [1.54, 1.807) is 12.1 Å². The first-order valence-corrected chi connectivity index (χ1v) is 7.74. The monoisotopic (exact) mass is 332 g/mol. The molecule has 1 amide bonds. The molecule has 1 saturated carbocycles. The second-order valence-electron chi connectivity index (χ2n) is 5.90. The molecule has 2 aromatic rings. The Morgan fingerprint density at radius 2 is 2.12 bits per heavy atom. The number of benzene rings is 1. The minimum atomic E-state index is -0.527. The SMILES string of the molecule is O=C(CCn1cc([N+](=O)[O-])cn1)N[C@H](c1ccc(F)cc1)C1CC1. The maximum Gasteiger partial charge on any atom is 0.306 e. The third kappa shape index (κ3) is 3.95. The van der Waals surface area contributed by atoms with Crippen molar-refractivity contribution in [1.29, 1.82) is 0 Å². The summed E-state index contributed by atoms with van der Waals surface area (Å²) in [4.78, 5) is 22.3. The average molecular weight is 332 g/mol. The molecule has 3 rings (SSSR count). The summed E-state index contributed by atoms with van der Waals surface area (Å²) in [5.74, 6) is -0.0838. The first-order chi connectivity index (χ1) is 11.5. The molecule has 1 aliphatic rings. The summed E-state index contributed by atoms with van der Waals surface area (Å²) in [6, 6.07) is 6.04. The van der Waals surface area contributed by atoms with Crippen LogP contribution >= 0.6 is 0 Å². The van der Waals surface area contributed by atoms with Gasteiger partial charge in [0.1, 0.15) is 18.2 Å². The third-order valence-electron chi connectivity index (χ3n) is 4.04. The van der Waals surface area contributed by atoms with E-state index in [1.165, 1.54) is 23.0 Å². The zero-order valence-electron chi connectivity index (χ0n) is 12.9. The molecule has 0 spiro atoms. The maximum atomic E-state index is 13.1. The van der Waals surface area contributed by atoms with E-state index in [0.717, 1.165) is 24.6 Å². The molecule has 0 aliphatic heterocycles. The van der Waals surface area contributed by atoms with Crippen LogP contribution in [0.2, 0.25) is 0 Å². The normalized spacial score (nSPS) is 15.0. The third-order valence-corrected chi connectivity index (χ3v) is 4.04. The number of nitro groups is 1. The van der Waals surface area contributed by atoms with Gasteiger partial charge in [0.25, 0.3) is 0 Å². The van der Waals surface area contributed by atoms with Gasteiger partial charge in [0.15, 0.2) is 0 Å². The second kappa shape index (κ2) is 6.77. The summed E-state index contributed by atoms with van der Waals surface area (Å²) in [5, 5.41) is 17.4. The van der Waals surface area contributed by atoms with Crippen molar-refractivity contribution in [3.63, 3.8) is 0 Å². The quantitative estimate of drug-likeness (QED) is 0.623. The number of nitrogens with zero attached hydrogens (tertiary/aromatic N) is 3. The number of aromatic nitrogens is 2. The van der Waals surface area contributed by atoms with Crippen LogP contribution in [0, 0.1) is 21.8 Å². The van der Waals surface area contributed by atoms with Crippen LogP contribution in [0.5, 0.6) is 0 Å². The fraction of sp³-hybridized carbons (Fsp3) is 0.375. The van der Waals surface area contributed by atoms with E-state index in [0.29, 0.717) is 5.92 Å². The summed E-state index contributed by atoms with van der Waals surface area (Å²) in [7, 11) is 0. The van der Waals surface area contributed by atoms with E-state index in [2.05, 4.69) is 10.4 Å². The summed E-state index contributed by atoms with van der Waals surface area (Å²) in [6.07, 6.45) is 4.69. The van der Waals surface area contributed by atoms with E-state index in [1.807, 2.05) is 0 Å². The number of carbonyl (C=O) groups is 1. The molecular weight excluding hydrogens is 315 g/mol. The lowest BCUT2D eigenvalue weighted by molar-refractivity contribution is -0.385. The molecule has 24 heavy (non-hydrogen) atoms. The summed E-state index contributed by atoms with van der Waals surface area (Å²) in [6.45, 7) is 0.264. The Balaban J connectivity index is 1.57. The number of carbonyl (C=O) groups excluding carboxylic acids is 1. The van der Waals surface area contributed by atoms with Crippen molar-refractivity contribution in [2.75, 3.05) is 0 Å². The van der Waals surface area contributed by atoms with Gasteiger partial charge in [-0.15, -0.1) is 0 Å². The molecule has 126 valence electrons. The highest BCUT2D eigenvalue weighted by Crippen LogP contribution is 2.41. The number of aryl methyl sites for hydroxylation is 1. The van der Waals surface area contributed by atoms with Crippen LogP contribution in [0.4, 0.5) is 10.1 Å². The lowest BCUT2D eigenvalue weighted by Gasteiger charge is -2.19. The number of rotatable bonds is 7. The number of hydrogen-bond acceptors (Lipinski definition) is 4. The molecule has 0 radical (unpaired) electrons. The van der Waals surface area contributed by atoms with Crippen LogP contribution in [-0.2, 0) is 11.3 Å². The highest BCUT2D eigenvalue weighted by atomic mass is 19.1. The van der Waals surface area contributed by atoms with Crippen molar-refractivity contribution in [2.45, 2.75) is 31.8 Å². The predicted octanol–water partition coefficient (Wildman–Crippen LogP) is 2.59. The van der Waals surface area contributed by atoms with Crippen LogP contribution < -0.4 is 5.32 Å². The van der Waals surface area contributed by atoms with Crippen molar-refractivity contribution in [3.8, 4) is 0 Å². The fourth-order valence-corrected chi connectivity index (χ4v) is 2.60. The van der Waals surface area contributed by atoms with Gasteiger partial charge in [-0.3, -0.25) is 19.6 Å². The van der Waals surface area contributed by atoms with Crippen LogP contribution in [0.1, 0.15) is 30.9 Å². The smallest absolute Gasteiger partial charge is 0.306 e. The van der Waals surface area contributed by atoms with Gasteiger partial charge >= 0.3 is 5.69 Å². The number of hydrogen-bond donors (Lipinski definition) is 1. The number of halogens is 1. The van der Waals surface area contributed by atoms with E-state index >= 15 is 0 Å². The Morgan fingerprint density at radius 3 is 2.71 bits per heavy atom. The van der Waals surface area contributed by atoms with E-state index in [-0.39, 0.29) is 36.4 Å². The Kier molecular flexibility index (Phi) is 4.54. The van der Waals surface area contributed by atoms with E-state index in [4.69, 9.17) is 0 Å². The first-order valence-electron chi connectivity index (χ1n) is 7.74. The van der Waals surface area contributed by atoms with Crippen molar-refractivity contribution in [3.05, 3.63) is 58.2 Å². The van der Waals surface area contributed by atoms with Crippen LogP contribution in [0.15, 0.2) is 36.7 Å². The number of nitrogens with one attached hydrogen (secondary N) is 1. The minimum absolute atomic E-state index is 0.0995. The summed E-state index contributed by atoms with van der Waals surface area (Å²) < 4.78 is 14.4. The topological polar surface area (TPSA) is 90.1 Å². The van der Waals surface area contributed by atoms with Gasteiger partial charge in [0.2, 0.25) is 5.91 Å². The molecule has 1 N–H and O–H groups in total. The number of amides is 1. The molecule has 0 unspecified atom stereocenters. The lowest BCUT2D eigenvalue weighted by Crippen LogP contribution is -2.30. The minimum Gasteiger partial charge on any atom is -0.349 e. The van der Waals surface area contributed by atoms with Crippen molar-refractivity contribution >= 4 is 11.6 Å². The molecule has 7 nitrogen and oxygen atoms in total. The van der Waals surface area contributed by atoms with Crippen LogP contribution in [0.25, 0.3) is 0 Å². The molecule has 1 fully saturated rings. The Labute approximate surface area is 137 Å². The molecule has 1 aromatic carbocycles. The van der Waals surface area contributed by atoms with Crippen LogP contribution in [-0.4, -0.2) is 20.6 Å². The summed E-state index contributed by atoms with van der Waals surface area (Å²) >= 11 is 0. The standard InChI is InChI=1S/C16H17FN4O3/c17-13-5-3-12(4-6-13)16(11-1-2-11)19-15(22)7-8-20-10-14(9-18-20)21(23)24/h3-6,9-11,16H,1-2,7-8H2,(H,19,22)/t16-/m0/s1. The molecule has 0 bridgehead atoms. The molecule has 1 heterocycles. The predicted molar refractivity (Wildman–Crippen MR) is 83.5 cm³/mol. The van der Waals surface area contributed by atoms with Gasteiger partial charge in [-0.2, -0.15) is 5.10 Å². The highest BCUT2D eigenvalue weighted by Gasteiger charge is 2.33. The van der Waals surface area contributed by atoms with Crippen molar-refractivity contribution < 1.29 is 14.1 Å². The Morgan fingerprint density at radius 1 is 1.42 bits per heavy atom. The van der Waals surface area contributed by atoms with Gasteiger partial charge in [-0.25, -0.2) is 4.39 Å². The first kappa shape index (κ1) is 16.1. The molecule has 0 saturated heterocycles. The fourth-order valence-electron chi connectivity index (χ4n) is 2.60. The zero-order chi connectivity index (χ0) is 17.1. The van der Waals surface area contributed by atoms with E-state index < -0.39 is 4.92 Å². The summed E-state index contributed by atoms with van der Waals surface area (Å²) in [5.41, 5.74) is 0.791. The van der Waals surface area contributed by atoms with Gasteiger partial charge in [-0.05, 0) is 36.5 Å². The molecule has 1 aliphatic carbocycles. The molecule has 1 atom stereocenters. The van der Waals surface area contributed by atoms with Gasteiger partial charge < -0.3 is 5.32 Å². The van der Waals surface area contributed by atoms with Gasteiger partial charge in [0, 0.05) is 13.0 Å². The Bertz CT molecular complexity index is 740. The van der Waals surface area contributed by atoms with Gasteiger partial charge in [-0.1, -0.05) is 12.1 Å². The lowest BCUT2D eigenvalue weighted by atomic mass is 10.0. The van der Waals surface area contributed by atoms with Gasteiger partial charge in [0.05, 0.1) is 11.0 Å². The van der Waals surface area contributed by atoms with Crippen LogP contribution in [0.3, 0.4) is 0 Å². The molecule has 8 heteroatoms. The van der Waals surface area contributed by atoms with Crippen molar-refractivity contribution in [1.82, 2.24) is 15.1 Å². The van der Waals surface area contributed by atoms with Crippen molar-refractivity contribution in [2.24, 2.45) is 5.92 Å². The largest absolute Gasteiger partial charge is 0.349 e. The highest BCUT2D eigenvalue weighted by molar-refractivity contribution is 5.76. The molecular formula is C16H17FN4O3. The van der Waals surface area contributed by atoms with E-state index in [9.17, 15) is 19.3 Å².